The number of hydrogen-bond donors (Lipinski definition) is 0. The van der Waals surface area contributed by atoms with E-state index in [2.05, 4.69) is 30.6 Å². The lowest BCUT2D eigenvalue weighted by atomic mass is 10.3. The SMILES string of the molecule is COC(=O)c1nccnc1Oc1cccc(Br)c1. The largest absolute Gasteiger partial charge is 0.464 e. The number of aromatic nitrogens is 2. The Balaban J connectivity index is 2.32. The molecule has 0 atom stereocenters. The van der Waals surface area contributed by atoms with Crippen LogP contribution in [0.3, 0.4) is 0 Å². The number of ether oxygens (including phenoxy) is 2. The van der Waals surface area contributed by atoms with Gasteiger partial charge in [0.25, 0.3) is 5.88 Å². The second-order valence-corrected chi connectivity index (χ2v) is 4.18. The topological polar surface area (TPSA) is 61.3 Å². The Morgan fingerprint density at radius 3 is 2.78 bits per heavy atom. The van der Waals surface area contributed by atoms with Crippen LogP contribution in [0.4, 0.5) is 0 Å². The van der Waals surface area contributed by atoms with Crippen LogP contribution in [0.25, 0.3) is 0 Å². The smallest absolute Gasteiger partial charge is 0.362 e. The van der Waals surface area contributed by atoms with Crippen LogP contribution in [0.1, 0.15) is 10.5 Å². The average molecular weight is 309 g/mol. The van der Waals surface area contributed by atoms with Crippen molar-refractivity contribution in [3.8, 4) is 11.6 Å². The van der Waals surface area contributed by atoms with Gasteiger partial charge in [0.1, 0.15) is 5.75 Å². The second kappa shape index (κ2) is 5.59. The summed E-state index contributed by atoms with van der Waals surface area (Å²) in [6, 6.07) is 7.19. The highest BCUT2D eigenvalue weighted by atomic mass is 79.9. The Labute approximate surface area is 112 Å². The van der Waals surface area contributed by atoms with E-state index in [4.69, 9.17) is 4.74 Å². The summed E-state index contributed by atoms with van der Waals surface area (Å²) in [4.78, 5) is 19.3. The van der Waals surface area contributed by atoms with E-state index in [0.717, 1.165) is 4.47 Å². The Bertz CT molecular complexity index is 575. The molecule has 0 spiro atoms. The van der Waals surface area contributed by atoms with Gasteiger partial charge in [0.05, 0.1) is 7.11 Å². The molecule has 1 heterocycles. The highest BCUT2D eigenvalue weighted by molar-refractivity contribution is 9.10. The highest BCUT2D eigenvalue weighted by Gasteiger charge is 2.16. The second-order valence-electron chi connectivity index (χ2n) is 3.26. The van der Waals surface area contributed by atoms with Gasteiger partial charge in [-0.1, -0.05) is 22.0 Å². The summed E-state index contributed by atoms with van der Waals surface area (Å²) in [7, 11) is 1.28. The molecule has 0 fully saturated rings. The maximum Gasteiger partial charge on any atom is 0.362 e. The molecule has 0 unspecified atom stereocenters. The van der Waals surface area contributed by atoms with Crippen LogP contribution in [0.5, 0.6) is 11.6 Å². The lowest BCUT2D eigenvalue weighted by Gasteiger charge is -2.07. The number of benzene rings is 1. The molecule has 0 saturated heterocycles. The van der Waals surface area contributed by atoms with Gasteiger partial charge < -0.3 is 9.47 Å². The standard InChI is InChI=1S/C12H9BrN2O3/c1-17-12(16)10-11(15-6-5-14-10)18-9-4-2-3-8(13)7-9/h2-7H,1H3. The van der Waals surface area contributed by atoms with Crippen molar-refractivity contribution in [3.63, 3.8) is 0 Å². The fraction of sp³-hybridized carbons (Fsp3) is 0.0833. The summed E-state index contributed by atoms with van der Waals surface area (Å²) in [6.45, 7) is 0. The van der Waals surface area contributed by atoms with E-state index in [9.17, 15) is 4.79 Å². The fourth-order valence-electron chi connectivity index (χ4n) is 1.28. The molecule has 0 amide bonds. The number of carbonyl (C=O) groups excluding carboxylic acids is 1. The molecule has 2 rings (SSSR count). The van der Waals surface area contributed by atoms with Crippen molar-refractivity contribution in [1.29, 1.82) is 0 Å². The molecule has 0 radical (unpaired) electrons. The minimum Gasteiger partial charge on any atom is -0.464 e. The molecular weight excluding hydrogens is 300 g/mol. The maximum absolute atomic E-state index is 11.5. The number of halogens is 1. The molecule has 1 aromatic carbocycles. The molecule has 0 aliphatic rings. The molecule has 0 aliphatic carbocycles. The number of hydrogen-bond acceptors (Lipinski definition) is 5. The first-order valence-corrected chi connectivity index (χ1v) is 5.83. The summed E-state index contributed by atoms with van der Waals surface area (Å²) in [5.74, 6) is 0.0746. The van der Waals surface area contributed by atoms with E-state index in [1.165, 1.54) is 19.5 Å². The fourth-order valence-corrected chi connectivity index (χ4v) is 1.66. The third kappa shape index (κ3) is 2.84. The highest BCUT2D eigenvalue weighted by Crippen LogP contribution is 2.24. The minimum atomic E-state index is -0.590. The maximum atomic E-state index is 11.5. The zero-order chi connectivity index (χ0) is 13.0. The first-order valence-electron chi connectivity index (χ1n) is 5.03. The van der Waals surface area contributed by atoms with Crippen molar-refractivity contribution < 1.29 is 14.3 Å². The van der Waals surface area contributed by atoms with Gasteiger partial charge in [0.15, 0.2) is 0 Å². The van der Waals surface area contributed by atoms with Crippen molar-refractivity contribution in [1.82, 2.24) is 9.97 Å². The van der Waals surface area contributed by atoms with Crippen molar-refractivity contribution in [2.45, 2.75) is 0 Å². The monoisotopic (exact) mass is 308 g/mol. The molecular formula is C12H9BrN2O3. The van der Waals surface area contributed by atoms with E-state index < -0.39 is 5.97 Å². The van der Waals surface area contributed by atoms with Crippen LogP contribution in [0.2, 0.25) is 0 Å². The van der Waals surface area contributed by atoms with Gasteiger partial charge in [-0.3, -0.25) is 0 Å². The molecule has 0 aliphatic heterocycles. The molecule has 18 heavy (non-hydrogen) atoms. The predicted molar refractivity (Wildman–Crippen MR) is 67.6 cm³/mol. The van der Waals surface area contributed by atoms with Crippen LogP contribution in [0, 0.1) is 0 Å². The van der Waals surface area contributed by atoms with Crippen LogP contribution in [-0.4, -0.2) is 23.0 Å². The summed E-state index contributed by atoms with van der Waals surface area (Å²) in [5, 5.41) is 0. The van der Waals surface area contributed by atoms with Gasteiger partial charge in [-0.25, -0.2) is 14.8 Å². The molecule has 5 nitrogen and oxygen atoms in total. The lowest BCUT2D eigenvalue weighted by Crippen LogP contribution is -2.07. The van der Waals surface area contributed by atoms with E-state index in [-0.39, 0.29) is 11.6 Å². The van der Waals surface area contributed by atoms with Gasteiger partial charge in [-0.05, 0) is 18.2 Å². The summed E-state index contributed by atoms with van der Waals surface area (Å²) in [6.07, 6.45) is 2.85. The van der Waals surface area contributed by atoms with Gasteiger partial charge in [-0.2, -0.15) is 0 Å². The van der Waals surface area contributed by atoms with Gasteiger partial charge >= 0.3 is 5.97 Å². The Morgan fingerprint density at radius 2 is 2.06 bits per heavy atom. The zero-order valence-electron chi connectivity index (χ0n) is 9.46. The summed E-state index contributed by atoms with van der Waals surface area (Å²) >= 11 is 3.33. The first-order chi connectivity index (χ1) is 8.70. The minimum absolute atomic E-state index is 0.0416. The number of rotatable bonds is 3. The summed E-state index contributed by atoms with van der Waals surface area (Å²) in [5.41, 5.74) is 0.0416. The Hall–Kier alpha value is -1.95. The van der Waals surface area contributed by atoms with Crippen LogP contribution in [-0.2, 0) is 4.74 Å². The van der Waals surface area contributed by atoms with Crippen molar-refractivity contribution in [2.24, 2.45) is 0 Å². The quantitative estimate of drug-likeness (QED) is 0.816. The van der Waals surface area contributed by atoms with Crippen molar-refractivity contribution in [2.75, 3.05) is 7.11 Å². The average Bonchev–Trinajstić information content (AvgIpc) is 2.38. The zero-order valence-corrected chi connectivity index (χ0v) is 11.0. The normalized spacial score (nSPS) is 9.89. The number of carbonyl (C=O) groups is 1. The molecule has 92 valence electrons. The van der Waals surface area contributed by atoms with Crippen LogP contribution >= 0.6 is 15.9 Å². The number of esters is 1. The van der Waals surface area contributed by atoms with E-state index >= 15 is 0 Å². The Morgan fingerprint density at radius 1 is 1.28 bits per heavy atom. The number of methoxy groups -OCH3 is 1. The third-order valence-corrected chi connectivity index (χ3v) is 2.55. The summed E-state index contributed by atoms with van der Waals surface area (Å²) < 4.78 is 11.0. The predicted octanol–water partition coefficient (Wildman–Crippen LogP) is 2.82. The van der Waals surface area contributed by atoms with Crippen LogP contribution < -0.4 is 4.74 Å². The van der Waals surface area contributed by atoms with E-state index in [1.807, 2.05) is 12.1 Å². The molecule has 0 bridgehead atoms. The van der Waals surface area contributed by atoms with Gasteiger partial charge in [-0.15, -0.1) is 0 Å². The molecule has 0 N–H and O–H groups in total. The van der Waals surface area contributed by atoms with Gasteiger partial charge in [0, 0.05) is 16.9 Å². The lowest BCUT2D eigenvalue weighted by molar-refractivity contribution is 0.0590. The third-order valence-electron chi connectivity index (χ3n) is 2.05. The first kappa shape index (κ1) is 12.5. The van der Waals surface area contributed by atoms with E-state index in [0.29, 0.717) is 5.75 Å². The number of nitrogens with zero attached hydrogens (tertiary/aromatic N) is 2. The van der Waals surface area contributed by atoms with Crippen LogP contribution in [0.15, 0.2) is 41.1 Å². The van der Waals surface area contributed by atoms with E-state index in [1.54, 1.807) is 12.1 Å². The molecule has 0 saturated carbocycles. The molecule has 1 aromatic heterocycles. The van der Waals surface area contributed by atoms with Gasteiger partial charge in [0.2, 0.25) is 5.69 Å². The van der Waals surface area contributed by atoms with Crippen molar-refractivity contribution >= 4 is 21.9 Å². The molecule has 6 heteroatoms. The Kier molecular flexibility index (Phi) is 3.88. The molecule has 2 aromatic rings. The van der Waals surface area contributed by atoms with Crippen molar-refractivity contribution in [3.05, 3.63) is 46.8 Å².